The van der Waals surface area contributed by atoms with Crippen LogP contribution in [-0.2, 0) is 9.59 Å². The van der Waals surface area contributed by atoms with Gasteiger partial charge in [0, 0.05) is 23.8 Å². The van der Waals surface area contributed by atoms with Crippen molar-refractivity contribution < 1.29 is 14.4 Å². The first-order valence-corrected chi connectivity index (χ1v) is 8.60. The largest absolute Gasteiger partial charge is 0.298 e. The van der Waals surface area contributed by atoms with Crippen molar-refractivity contribution in [2.75, 3.05) is 0 Å². The first-order valence-electron chi connectivity index (χ1n) is 8.60. The minimum atomic E-state index is -0.724. The highest BCUT2D eigenvalue weighted by Gasteiger charge is 2.39. The molecule has 1 unspecified atom stereocenters. The van der Waals surface area contributed by atoms with E-state index in [4.69, 9.17) is 0 Å². The van der Waals surface area contributed by atoms with E-state index in [2.05, 4.69) is 4.98 Å². The molecular weight excluding hydrogens is 326 g/mol. The summed E-state index contributed by atoms with van der Waals surface area (Å²) in [6.07, 6.45) is 3.26. The fourth-order valence-electron chi connectivity index (χ4n) is 3.65. The summed E-state index contributed by atoms with van der Waals surface area (Å²) in [6.45, 7) is 7.37. The van der Waals surface area contributed by atoms with Crippen molar-refractivity contribution in [3.05, 3.63) is 69.5 Å². The molecule has 1 atom stereocenters. The molecule has 1 aliphatic rings. The van der Waals surface area contributed by atoms with Gasteiger partial charge < -0.3 is 0 Å². The molecule has 0 saturated heterocycles. The number of allylic oxidation sites excluding steroid dienone is 1. The molecule has 132 valence electrons. The molecule has 0 radical (unpaired) electrons. The number of ketones is 3. The number of aryl methyl sites for hydroxylation is 3. The van der Waals surface area contributed by atoms with E-state index in [9.17, 15) is 14.4 Å². The van der Waals surface area contributed by atoms with Crippen molar-refractivity contribution in [1.29, 1.82) is 0 Å². The monoisotopic (exact) mass is 347 g/mol. The van der Waals surface area contributed by atoms with Crippen LogP contribution in [0.1, 0.15) is 57.6 Å². The van der Waals surface area contributed by atoms with Crippen molar-refractivity contribution in [2.24, 2.45) is 0 Å². The molecule has 4 heteroatoms. The Morgan fingerprint density at radius 3 is 2.31 bits per heavy atom. The summed E-state index contributed by atoms with van der Waals surface area (Å²) in [5.41, 5.74) is 5.45. The summed E-state index contributed by atoms with van der Waals surface area (Å²) < 4.78 is 0. The number of Topliss-reactive ketones (excluding diaryl/α,β-unsaturated/α-hetero) is 3. The van der Waals surface area contributed by atoms with E-state index < -0.39 is 5.92 Å². The quantitative estimate of drug-likeness (QED) is 0.480. The number of hydrogen-bond donors (Lipinski definition) is 0. The highest BCUT2D eigenvalue weighted by molar-refractivity contribution is 6.24. The molecule has 0 bridgehead atoms. The molecule has 1 fully saturated rings. The fourth-order valence-corrected chi connectivity index (χ4v) is 3.65. The van der Waals surface area contributed by atoms with Crippen molar-refractivity contribution in [2.45, 2.75) is 40.0 Å². The third-order valence-corrected chi connectivity index (χ3v) is 4.81. The van der Waals surface area contributed by atoms with Gasteiger partial charge in [-0.1, -0.05) is 17.7 Å². The Balaban J connectivity index is 1.95. The third-order valence-electron chi connectivity index (χ3n) is 4.81. The summed E-state index contributed by atoms with van der Waals surface area (Å²) in [6, 6.07) is 7.38. The van der Waals surface area contributed by atoms with Crippen LogP contribution in [0.2, 0.25) is 0 Å². The lowest BCUT2D eigenvalue weighted by Gasteiger charge is -2.15. The van der Waals surface area contributed by atoms with Gasteiger partial charge in [0.25, 0.3) is 0 Å². The van der Waals surface area contributed by atoms with E-state index in [0.717, 1.165) is 22.3 Å². The molecule has 4 nitrogen and oxygen atoms in total. The normalized spacial score (nSPS) is 18.6. The Labute approximate surface area is 153 Å². The Hall–Kier alpha value is -2.88. The van der Waals surface area contributed by atoms with E-state index in [1.165, 1.54) is 13.1 Å². The lowest BCUT2D eigenvalue weighted by Crippen LogP contribution is -2.15. The molecule has 1 aromatic heterocycles. The second-order valence-corrected chi connectivity index (χ2v) is 6.95. The summed E-state index contributed by atoms with van der Waals surface area (Å²) in [5.74, 6) is -1.01. The highest BCUT2D eigenvalue weighted by atomic mass is 16.2. The summed E-state index contributed by atoms with van der Waals surface area (Å²) in [7, 11) is 0. The lowest BCUT2D eigenvalue weighted by atomic mass is 9.87. The predicted octanol–water partition coefficient (Wildman–Crippen LogP) is 3.92. The molecule has 3 rings (SSSR count). The summed E-state index contributed by atoms with van der Waals surface area (Å²) in [4.78, 5) is 41.0. The number of carbonyl (C=O) groups is 3. The molecule has 1 saturated carbocycles. The van der Waals surface area contributed by atoms with Gasteiger partial charge in [0.15, 0.2) is 17.3 Å². The number of rotatable bonds is 3. The van der Waals surface area contributed by atoms with Gasteiger partial charge in [-0.15, -0.1) is 0 Å². The topological polar surface area (TPSA) is 64.1 Å². The number of aromatic nitrogens is 1. The van der Waals surface area contributed by atoms with Gasteiger partial charge in [0.2, 0.25) is 0 Å². The van der Waals surface area contributed by atoms with Gasteiger partial charge in [0.05, 0.1) is 5.69 Å². The number of carbonyl (C=O) groups excluding carboxylic acids is 3. The van der Waals surface area contributed by atoms with Gasteiger partial charge in [-0.25, -0.2) is 0 Å². The summed E-state index contributed by atoms with van der Waals surface area (Å²) in [5, 5.41) is 0. The zero-order valence-corrected chi connectivity index (χ0v) is 15.4. The van der Waals surface area contributed by atoms with Crippen LogP contribution in [0.15, 0.2) is 36.0 Å². The molecule has 1 heterocycles. The van der Waals surface area contributed by atoms with Crippen molar-refractivity contribution >= 4 is 23.4 Å². The fraction of sp³-hybridized carbons (Fsp3) is 0.273. The van der Waals surface area contributed by atoms with E-state index in [-0.39, 0.29) is 23.8 Å². The Bertz CT molecular complexity index is 929. The van der Waals surface area contributed by atoms with Gasteiger partial charge in [-0.3, -0.25) is 19.4 Å². The van der Waals surface area contributed by atoms with Crippen molar-refractivity contribution in [1.82, 2.24) is 4.98 Å². The van der Waals surface area contributed by atoms with Crippen LogP contribution in [0.3, 0.4) is 0 Å². The first kappa shape index (κ1) is 17.9. The first-order chi connectivity index (χ1) is 12.3. The molecule has 26 heavy (non-hydrogen) atoms. The molecule has 2 aromatic rings. The maximum atomic E-state index is 12.9. The van der Waals surface area contributed by atoms with Crippen LogP contribution < -0.4 is 0 Å². The third kappa shape index (κ3) is 3.27. The maximum absolute atomic E-state index is 12.9. The zero-order valence-electron chi connectivity index (χ0n) is 15.4. The van der Waals surface area contributed by atoms with Crippen LogP contribution in [0, 0.1) is 20.8 Å². The van der Waals surface area contributed by atoms with E-state index in [1.54, 1.807) is 18.2 Å². The Kier molecular flexibility index (Phi) is 4.68. The molecule has 0 amide bonds. The van der Waals surface area contributed by atoms with Crippen LogP contribution in [-0.4, -0.2) is 22.3 Å². The average Bonchev–Trinajstić information content (AvgIpc) is 2.82. The van der Waals surface area contributed by atoms with Gasteiger partial charge >= 0.3 is 0 Å². The molecular formula is C22H21NO3. The van der Waals surface area contributed by atoms with Crippen molar-refractivity contribution in [3.63, 3.8) is 0 Å². The Morgan fingerprint density at radius 1 is 1.12 bits per heavy atom. The number of pyridine rings is 1. The molecule has 1 aliphatic carbocycles. The smallest absolute Gasteiger partial charge is 0.174 e. The number of benzene rings is 1. The zero-order chi connectivity index (χ0) is 19.0. The minimum absolute atomic E-state index is 0.0609. The molecule has 0 spiro atoms. The van der Waals surface area contributed by atoms with Gasteiger partial charge in [-0.2, -0.15) is 0 Å². The van der Waals surface area contributed by atoms with E-state index >= 15 is 0 Å². The van der Waals surface area contributed by atoms with Crippen LogP contribution in [0.25, 0.3) is 6.08 Å². The Morgan fingerprint density at radius 2 is 1.77 bits per heavy atom. The van der Waals surface area contributed by atoms with Crippen molar-refractivity contribution in [3.8, 4) is 0 Å². The molecule has 0 aliphatic heterocycles. The van der Waals surface area contributed by atoms with Gasteiger partial charge in [-0.05, 0) is 62.6 Å². The van der Waals surface area contributed by atoms with Crippen LogP contribution >= 0.6 is 0 Å². The van der Waals surface area contributed by atoms with Crippen LogP contribution in [0.4, 0.5) is 0 Å². The predicted molar refractivity (Wildman–Crippen MR) is 100 cm³/mol. The highest BCUT2D eigenvalue weighted by Crippen LogP contribution is 2.36. The molecule has 1 aromatic carbocycles. The lowest BCUT2D eigenvalue weighted by molar-refractivity contribution is -0.123. The average molecular weight is 347 g/mol. The maximum Gasteiger partial charge on any atom is 0.174 e. The SMILES string of the molecule is CC(=O)c1ccc(C=C2CC(=O)C(c3c(C)cc(C)cc3C)C2=O)nc1. The van der Waals surface area contributed by atoms with E-state index in [0.29, 0.717) is 16.8 Å². The van der Waals surface area contributed by atoms with Crippen LogP contribution in [0.5, 0.6) is 0 Å². The molecule has 0 N–H and O–H groups in total. The number of nitrogens with zero attached hydrogens (tertiary/aromatic N) is 1. The standard InChI is InChI=1S/C22H21NO3/c1-12-7-13(2)20(14(3)8-12)21-19(25)10-17(22(21)26)9-18-6-5-16(11-23-18)15(4)24/h5-9,11,21H,10H2,1-4H3. The summed E-state index contributed by atoms with van der Waals surface area (Å²) >= 11 is 0. The minimum Gasteiger partial charge on any atom is -0.298 e. The second-order valence-electron chi connectivity index (χ2n) is 6.95. The number of hydrogen-bond acceptors (Lipinski definition) is 4. The van der Waals surface area contributed by atoms with E-state index in [1.807, 2.05) is 32.9 Å². The van der Waals surface area contributed by atoms with Gasteiger partial charge in [0.1, 0.15) is 5.92 Å². The second kappa shape index (κ2) is 6.79.